The molecule has 0 saturated heterocycles. The highest BCUT2D eigenvalue weighted by Crippen LogP contribution is 2.29. The molecule has 0 unspecified atom stereocenters. The van der Waals surface area contributed by atoms with E-state index >= 15 is 0 Å². The zero-order valence-electron chi connectivity index (χ0n) is 21.6. The third-order valence-electron chi connectivity index (χ3n) is 5.89. The van der Waals surface area contributed by atoms with Gasteiger partial charge in [0.2, 0.25) is 6.29 Å². The summed E-state index contributed by atoms with van der Waals surface area (Å²) in [6.45, 7) is 0.398. The van der Waals surface area contributed by atoms with Gasteiger partial charge in [0, 0.05) is 11.3 Å². The molecule has 210 valence electrons. The van der Waals surface area contributed by atoms with Gasteiger partial charge in [-0.15, -0.1) is 5.06 Å². The Labute approximate surface area is 234 Å². The van der Waals surface area contributed by atoms with Crippen LogP contribution in [0, 0.1) is 0 Å². The highest BCUT2D eigenvalue weighted by molar-refractivity contribution is 6.20. The van der Waals surface area contributed by atoms with Crippen molar-refractivity contribution in [1.29, 1.82) is 0 Å². The molecule has 0 aliphatic rings. The van der Waals surface area contributed by atoms with Crippen LogP contribution in [-0.4, -0.2) is 23.2 Å². The number of anilines is 1. The van der Waals surface area contributed by atoms with Crippen molar-refractivity contribution in [2.24, 2.45) is 0 Å². The quantitative estimate of drug-likeness (QED) is 0.133. The molecule has 4 aromatic carbocycles. The van der Waals surface area contributed by atoms with E-state index in [0.29, 0.717) is 34.7 Å². The van der Waals surface area contributed by atoms with E-state index in [2.05, 4.69) is 5.32 Å². The number of ether oxygens (including phenoxy) is 1. The Morgan fingerprint density at radius 1 is 0.756 bits per heavy atom. The molecule has 0 spiro atoms. The van der Waals surface area contributed by atoms with Crippen molar-refractivity contribution >= 4 is 23.9 Å². The second-order valence-electron chi connectivity index (χ2n) is 8.97. The number of alkyl halides is 3. The first-order chi connectivity index (χ1) is 19.7. The fourth-order valence-electron chi connectivity index (χ4n) is 3.82. The van der Waals surface area contributed by atoms with Crippen LogP contribution in [0.25, 0.3) is 0 Å². The first-order valence-corrected chi connectivity index (χ1v) is 12.4. The number of hydroxylamine groups is 2. The molecular weight excluding hydrogens is 537 g/mol. The number of hydrogen-bond donors (Lipinski definition) is 1. The maximum Gasteiger partial charge on any atom is 0.416 e. The second kappa shape index (κ2) is 13.4. The van der Waals surface area contributed by atoms with Crippen molar-refractivity contribution in [3.8, 4) is 5.75 Å². The van der Waals surface area contributed by atoms with Gasteiger partial charge in [0.25, 0.3) is 5.91 Å². The highest BCUT2D eigenvalue weighted by atomic mass is 19.4. The van der Waals surface area contributed by atoms with Crippen LogP contribution >= 0.6 is 0 Å². The molecule has 0 aliphatic heterocycles. The van der Waals surface area contributed by atoms with E-state index in [9.17, 15) is 27.6 Å². The Morgan fingerprint density at radius 3 is 1.90 bits per heavy atom. The number of carbonyl (C=O) groups excluding carboxylic acids is 3. The van der Waals surface area contributed by atoms with Crippen LogP contribution in [0.4, 0.5) is 18.9 Å². The number of amides is 1. The van der Waals surface area contributed by atoms with Gasteiger partial charge in [-0.05, 0) is 65.2 Å². The number of nitrogens with one attached hydrogen (secondary N) is 1. The van der Waals surface area contributed by atoms with Crippen LogP contribution in [-0.2, 0) is 40.3 Å². The number of carbonyl (C=O) groups is 3. The Morgan fingerprint density at radius 2 is 1.34 bits per heavy atom. The van der Waals surface area contributed by atoms with Gasteiger partial charge >= 0.3 is 12.1 Å². The summed E-state index contributed by atoms with van der Waals surface area (Å²) < 4.78 is 44.3. The Bertz CT molecular complexity index is 1460. The van der Waals surface area contributed by atoms with Gasteiger partial charge in [0.05, 0.1) is 18.7 Å². The van der Waals surface area contributed by atoms with E-state index < -0.39 is 17.7 Å². The minimum absolute atomic E-state index is 0.000328. The van der Waals surface area contributed by atoms with Gasteiger partial charge in [-0.2, -0.15) is 13.2 Å². The zero-order valence-corrected chi connectivity index (χ0v) is 21.6. The lowest BCUT2D eigenvalue weighted by Gasteiger charge is -2.20. The number of nitrogens with zero attached hydrogens (tertiary/aromatic N) is 1. The van der Waals surface area contributed by atoms with E-state index in [1.807, 2.05) is 30.3 Å². The summed E-state index contributed by atoms with van der Waals surface area (Å²) in [7, 11) is 0. The lowest BCUT2D eigenvalue weighted by Crippen LogP contribution is -2.27. The SMILES string of the molecule is O=CC(=O)ON(Cc1ccc(NC(=O)c2ccc(OCc3ccccc3)cc2)cc1)Cc1ccc(C(F)(F)F)cc1. The molecule has 0 saturated carbocycles. The highest BCUT2D eigenvalue weighted by Gasteiger charge is 2.30. The number of rotatable bonds is 11. The first kappa shape index (κ1) is 29.0. The molecule has 0 fully saturated rings. The molecule has 0 bridgehead atoms. The first-order valence-electron chi connectivity index (χ1n) is 12.4. The third-order valence-corrected chi connectivity index (χ3v) is 5.89. The maximum atomic E-state index is 12.8. The van der Waals surface area contributed by atoms with Gasteiger partial charge in [-0.3, -0.25) is 9.59 Å². The van der Waals surface area contributed by atoms with Crippen LogP contribution in [0.15, 0.2) is 103 Å². The van der Waals surface area contributed by atoms with Crippen molar-refractivity contribution in [1.82, 2.24) is 5.06 Å². The molecule has 4 rings (SSSR count). The number of hydrogen-bond acceptors (Lipinski definition) is 6. The minimum Gasteiger partial charge on any atom is -0.489 e. The van der Waals surface area contributed by atoms with Crippen molar-refractivity contribution in [3.05, 3.63) is 131 Å². The maximum absolute atomic E-state index is 12.8. The largest absolute Gasteiger partial charge is 0.489 e. The molecule has 7 nitrogen and oxygen atoms in total. The number of aldehydes is 1. The van der Waals surface area contributed by atoms with Crippen molar-refractivity contribution in [2.75, 3.05) is 5.32 Å². The molecule has 41 heavy (non-hydrogen) atoms. The average molecular weight is 563 g/mol. The van der Waals surface area contributed by atoms with Crippen LogP contribution < -0.4 is 10.1 Å². The van der Waals surface area contributed by atoms with Crippen molar-refractivity contribution < 1.29 is 37.1 Å². The van der Waals surface area contributed by atoms with Gasteiger partial charge in [0.15, 0.2) is 0 Å². The summed E-state index contributed by atoms with van der Waals surface area (Å²) in [5.41, 5.74) is 2.28. The second-order valence-corrected chi connectivity index (χ2v) is 8.97. The third kappa shape index (κ3) is 8.77. The normalized spacial score (nSPS) is 11.1. The summed E-state index contributed by atoms with van der Waals surface area (Å²) in [5, 5.41) is 3.96. The van der Waals surface area contributed by atoms with E-state index in [1.54, 1.807) is 48.5 Å². The zero-order chi connectivity index (χ0) is 29.2. The Balaban J connectivity index is 1.34. The molecular formula is C31H25F3N2O5. The fraction of sp³-hybridized carbons (Fsp3) is 0.129. The molecule has 10 heteroatoms. The van der Waals surface area contributed by atoms with E-state index in [0.717, 1.165) is 22.8 Å². The fourth-order valence-corrected chi connectivity index (χ4v) is 3.82. The smallest absolute Gasteiger partial charge is 0.416 e. The van der Waals surface area contributed by atoms with E-state index in [4.69, 9.17) is 9.57 Å². The van der Waals surface area contributed by atoms with E-state index in [-0.39, 0.29) is 25.3 Å². The lowest BCUT2D eigenvalue weighted by atomic mass is 10.1. The van der Waals surface area contributed by atoms with Gasteiger partial charge in [0.1, 0.15) is 12.4 Å². The standard InChI is InChI=1S/C31H25F3N2O5/c32-31(33,34)26-12-6-22(7-13-26)18-36(41-29(38)20-37)19-23-8-14-27(15-9-23)35-30(39)25-10-16-28(17-11-25)40-21-24-4-2-1-3-5-24/h1-17,20H,18-19,21H2,(H,35,39). The van der Waals surface area contributed by atoms with Gasteiger partial charge < -0.3 is 14.9 Å². The number of benzene rings is 4. The predicted molar refractivity (Wildman–Crippen MR) is 144 cm³/mol. The summed E-state index contributed by atoms with van der Waals surface area (Å²) in [4.78, 5) is 40.1. The van der Waals surface area contributed by atoms with Gasteiger partial charge in [-0.25, -0.2) is 4.79 Å². The molecule has 0 aromatic heterocycles. The summed E-state index contributed by atoms with van der Waals surface area (Å²) >= 11 is 0. The molecule has 0 radical (unpaired) electrons. The van der Waals surface area contributed by atoms with E-state index in [1.165, 1.54) is 12.1 Å². The molecule has 0 heterocycles. The Kier molecular flexibility index (Phi) is 9.49. The molecule has 0 atom stereocenters. The number of halogens is 3. The predicted octanol–water partition coefficient (Wildman–Crippen LogP) is 6.20. The van der Waals surface area contributed by atoms with Crippen LogP contribution in [0.1, 0.15) is 32.6 Å². The molecule has 4 aromatic rings. The van der Waals surface area contributed by atoms with Crippen molar-refractivity contribution in [3.63, 3.8) is 0 Å². The lowest BCUT2D eigenvalue weighted by molar-refractivity contribution is -0.195. The molecule has 1 N–H and O–H groups in total. The molecule has 1 amide bonds. The summed E-state index contributed by atoms with van der Waals surface area (Å²) in [5.74, 6) is -0.834. The summed E-state index contributed by atoms with van der Waals surface area (Å²) in [6.07, 6.45) is -4.47. The monoisotopic (exact) mass is 562 g/mol. The summed E-state index contributed by atoms with van der Waals surface area (Å²) in [6, 6.07) is 27.5. The minimum atomic E-state index is -4.47. The van der Waals surface area contributed by atoms with Gasteiger partial charge in [-0.1, -0.05) is 54.6 Å². The Hall–Kier alpha value is -4.96. The van der Waals surface area contributed by atoms with Crippen LogP contribution in [0.2, 0.25) is 0 Å². The van der Waals surface area contributed by atoms with Crippen LogP contribution in [0.3, 0.4) is 0 Å². The molecule has 0 aliphatic carbocycles. The van der Waals surface area contributed by atoms with Crippen molar-refractivity contribution in [2.45, 2.75) is 25.9 Å². The topological polar surface area (TPSA) is 84.9 Å². The average Bonchev–Trinajstić information content (AvgIpc) is 2.97. The van der Waals surface area contributed by atoms with Crippen LogP contribution in [0.5, 0.6) is 5.75 Å².